The van der Waals surface area contributed by atoms with E-state index in [2.05, 4.69) is 12.2 Å². The first-order valence-corrected chi connectivity index (χ1v) is 7.31. The van der Waals surface area contributed by atoms with Crippen molar-refractivity contribution in [3.8, 4) is 11.1 Å². The van der Waals surface area contributed by atoms with E-state index in [0.29, 0.717) is 5.56 Å². The predicted octanol–water partition coefficient (Wildman–Crippen LogP) is 5.00. The second-order valence-electron chi connectivity index (χ2n) is 5.42. The average molecular weight is 289 g/mol. The molecule has 0 amide bonds. The second kappa shape index (κ2) is 6.81. The highest BCUT2D eigenvalue weighted by Gasteiger charge is 2.13. The van der Waals surface area contributed by atoms with Crippen LogP contribution in [0.3, 0.4) is 0 Å². The minimum Gasteiger partial charge on any atom is -0.310 e. The zero-order chi connectivity index (χ0) is 15.4. The van der Waals surface area contributed by atoms with E-state index < -0.39 is 0 Å². The van der Waals surface area contributed by atoms with Crippen LogP contribution in [-0.4, -0.2) is 6.54 Å². The summed E-state index contributed by atoms with van der Waals surface area (Å²) >= 11 is 0. The van der Waals surface area contributed by atoms with Gasteiger partial charge in [0.05, 0.1) is 0 Å². The van der Waals surface area contributed by atoms with Crippen LogP contribution in [0.4, 0.5) is 8.78 Å². The molecule has 0 fully saturated rings. The Labute approximate surface area is 125 Å². The molecule has 0 aromatic heterocycles. The highest BCUT2D eigenvalue weighted by atomic mass is 19.1. The molecule has 0 saturated heterocycles. The van der Waals surface area contributed by atoms with Crippen molar-refractivity contribution in [3.05, 3.63) is 59.2 Å². The van der Waals surface area contributed by atoms with Gasteiger partial charge in [-0.2, -0.15) is 0 Å². The Bertz CT molecular complexity index is 602. The maximum atomic E-state index is 13.6. The monoisotopic (exact) mass is 289 g/mol. The fraction of sp³-hybridized carbons (Fsp3) is 0.333. The highest BCUT2D eigenvalue weighted by molar-refractivity contribution is 5.68. The number of hydrogen-bond acceptors (Lipinski definition) is 1. The largest absolute Gasteiger partial charge is 0.310 e. The standard InChI is InChI=1S/C18H21F2N/c1-4-7-21-13(3)17-6-5-15(19)11-18(17)14-8-12(2)9-16(20)10-14/h5-6,8-11,13,21H,4,7H2,1-3H3. The third-order valence-corrected chi connectivity index (χ3v) is 3.54. The van der Waals surface area contributed by atoms with Crippen molar-refractivity contribution in [1.29, 1.82) is 0 Å². The molecule has 0 radical (unpaired) electrons. The van der Waals surface area contributed by atoms with Gasteiger partial charge in [0.1, 0.15) is 11.6 Å². The summed E-state index contributed by atoms with van der Waals surface area (Å²) in [6, 6.07) is 9.61. The van der Waals surface area contributed by atoms with Gasteiger partial charge in [-0.25, -0.2) is 8.78 Å². The van der Waals surface area contributed by atoms with Gasteiger partial charge in [0.25, 0.3) is 0 Å². The lowest BCUT2D eigenvalue weighted by molar-refractivity contribution is 0.568. The first kappa shape index (κ1) is 15.6. The summed E-state index contributed by atoms with van der Waals surface area (Å²) in [5.74, 6) is -0.604. The van der Waals surface area contributed by atoms with Crippen LogP contribution in [0.25, 0.3) is 11.1 Å². The van der Waals surface area contributed by atoms with Crippen LogP contribution in [0.15, 0.2) is 36.4 Å². The van der Waals surface area contributed by atoms with Crippen LogP contribution in [0.1, 0.15) is 37.4 Å². The van der Waals surface area contributed by atoms with Gasteiger partial charge in [0.2, 0.25) is 0 Å². The van der Waals surface area contributed by atoms with E-state index in [-0.39, 0.29) is 17.7 Å². The molecule has 1 unspecified atom stereocenters. The van der Waals surface area contributed by atoms with Gasteiger partial charge in [-0.15, -0.1) is 0 Å². The van der Waals surface area contributed by atoms with Gasteiger partial charge in [0, 0.05) is 6.04 Å². The zero-order valence-corrected chi connectivity index (χ0v) is 12.7. The molecule has 112 valence electrons. The number of hydrogen-bond donors (Lipinski definition) is 1. The van der Waals surface area contributed by atoms with Crippen LogP contribution in [-0.2, 0) is 0 Å². The summed E-state index contributed by atoms with van der Waals surface area (Å²) in [5.41, 5.74) is 3.27. The molecular formula is C18H21F2N. The highest BCUT2D eigenvalue weighted by Crippen LogP contribution is 2.30. The molecule has 0 saturated carbocycles. The number of nitrogens with one attached hydrogen (secondary N) is 1. The molecule has 0 spiro atoms. The van der Waals surface area contributed by atoms with Gasteiger partial charge in [-0.05, 0) is 73.3 Å². The maximum absolute atomic E-state index is 13.6. The van der Waals surface area contributed by atoms with Gasteiger partial charge >= 0.3 is 0 Å². The SMILES string of the molecule is CCCNC(C)c1ccc(F)cc1-c1cc(C)cc(F)c1. The van der Waals surface area contributed by atoms with E-state index in [1.165, 1.54) is 24.3 Å². The van der Waals surface area contributed by atoms with Crippen molar-refractivity contribution in [1.82, 2.24) is 5.32 Å². The number of rotatable bonds is 5. The Balaban J connectivity index is 2.48. The van der Waals surface area contributed by atoms with Crippen LogP contribution >= 0.6 is 0 Å². The van der Waals surface area contributed by atoms with Crippen molar-refractivity contribution in [3.63, 3.8) is 0 Å². The van der Waals surface area contributed by atoms with Crippen molar-refractivity contribution in [2.75, 3.05) is 6.54 Å². The zero-order valence-electron chi connectivity index (χ0n) is 12.7. The van der Waals surface area contributed by atoms with E-state index >= 15 is 0 Å². The number of benzene rings is 2. The minimum absolute atomic E-state index is 0.0872. The van der Waals surface area contributed by atoms with Crippen LogP contribution in [0, 0.1) is 18.6 Å². The van der Waals surface area contributed by atoms with Crippen molar-refractivity contribution >= 4 is 0 Å². The Morgan fingerprint density at radius 3 is 2.48 bits per heavy atom. The van der Waals surface area contributed by atoms with Crippen molar-refractivity contribution in [2.24, 2.45) is 0 Å². The molecular weight excluding hydrogens is 268 g/mol. The van der Waals surface area contributed by atoms with Gasteiger partial charge in [-0.3, -0.25) is 0 Å². The van der Waals surface area contributed by atoms with Crippen molar-refractivity contribution in [2.45, 2.75) is 33.2 Å². The minimum atomic E-state index is -0.307. The third-order valence-electron chi connectivity index (χ3n) is 3.54. The Morgan fingerprint density at radius 2 is 1.81 bits per heavy atom. The molecule has 3 heteroatoms. The average Bonchev–Trinajstić information content (AvgIpc) is 2.43. The predicted molar refractivity (Wildman–Crippen MR) is 83.2 cm³/mol. The normalized spacial score (nSPS) is 12.4. The summed E-state index contributed by atoms with van der Waals surface area (Å²) in [6.45, 7) is 6.87. The van der Waals surface area contributed by atoms with E-state index in [0.717, 1.165) is 29.7 Å². The van der Waals surface area contributed by atoms with Crippen LogP contribution in [0.5, 0.6) is 0 Å². The fourth-order valence-electron chi connectivity index (χ4n) is 2.52. The summed E-state index contributed by atoms with van der Waals surface area (Å²) in [6.07, 6.45) is 1.03. The summed E-state index contributed by atoms with van der Waals surface area (Å²) < 4.78 is 27.3. The lowest BCUT2D eigenvalue weighted by Gasteiger charge is -2.18. The summed E-state index contributed by atoms with van der Waals surface area (Å²) in [5, 5.41) is 3.39. The van der Waals surface area contributed by atoms with E-state index in [1.54, 1.807) is 6.07 Å². The molecule has 0 aliphatic heterocycles. The first-order chi connectivity index (χ1) is 10.0. The lowest BCUT2D eigenvalue weighted by Crippen LogP contribution is -2.20. The van der Waals surface area contributed by atoms with Gasteiger partial charge < -0.3 is 5.32 Å². The Kier molecular flexibility index (Phi) is 5.07. The molecule has 0 heterocycles. The van der Waals surface area contributed by atoms with E-state index in [4.69, 9.17) is 0 Å². The first-order valence-electron chi connectivity index (χ1n) is 7.31. The van der Waals surface area contributed by atoms with E-state index in [1.807, 2.05) is 19.9 Å². The smallest absolute Gasteiger partial charge is 0.124 e. The van der Waals surface area contributed by atoms with Crippen molar-refractivity contribution < 1.29 is 8.78 Å². The Hall–Kier alpha value is -1.74. The second-order valence-corrected chi connectivity index (χ2v) is 5.42. The fourth-order valence-corrected chi connectivity index (χ4v) is 2.52. The molecule has 1 nitrogen and oxygen atoms in total. The van der Waals surface area contributed by atoms with Gasteiger partial charge in [-0.1, -0.05) is 19.1 Å². The molecule has 2 aromatic carbocycles. The number of halogens is 2. The maximum Gasteiger partial charge on any atom is 0.124 e. The third kappa shape index (κ3) is 3.88. The Morgan fingerprint density at radius 1 is 1.05 bits per heavy atom. The lowest BCUT2D eigenvalue weighted by atomic mass is 9.94. The molecule has 0 aliphatic carbocycles. The molecule has 1 atom stereocenters. The topological polar surface area (TPSA) is 12.0 Å². The molecule has 0 bridgehead atoms. The summed E-state index contributed by atoms with van der Waals surface area (Å²) in [7, 11) is 0. The summed E-state index contributed by atoms with van der Waals surface area (Å²) in [4.78, 5) is 0. The molecule has 0 aliphatic rings. The molecule has 2 aromatic rings. The van der Waals surface area contributed by atoms with E-state index in [9.17, 15) is 8.78 Å². The molecule has 1 N–H and O–H groups in total. The molecule has 2 rings (SSSR count). The van der Waals surface area contributed by atoms with Gasteiger partial charge in [0.15, 0.2) is 0 Å². The number of aryl methyl sites for hydroxylation is 1. The van der Waals surface area contributed by atoms with Crippen LogP contribution in [0.2, 0.25) is 0 Å². The molecule has 21 heavy (non-hydrogen) atoms. The quantitative estimate of drug-likeness (QED) is 0.816. The van der Waals surface area contributed by atoms with Crippen LogP contribution < -0.4 is 5.32 Å².